The molecular formula is C18H13F4N5O2S. The molecule has 0 saturated carbocycles. The van der Waals surface area contributed by atoms with Crippen molar-refractivity contribution >= 4 is 15.4 Å². The Labute approximate surface area is 167 Å². The fourth-order valence-corrected chi connectivity index (χ4v) is 3.87. The maximum absolute atomic E-state index is 13.4. The van der Waals surface area contributed by atoms with Gasteiger partial charge in [0, 0.05) is 24.2 Å². The molecule has 0 radical (unpaired) electrons. The van der Waals surface area contributed by atoms with Gasteiger partial charge in [-0.15, -0.1) is 0 Å². The molecule has 30 heavy (non-hydrogen) atoms. The maximum Gasteiger partial charge on any atom is 0.471 e. The minimum absolute atomic E-state index is 0.00327. The summed E-state index contributed by atoms with van der Waals surface area (Å²) in [6.45, 7) is 0.00327. The van der Waals surface area contributed by atoms with Gasteiger partial charge in [-0.05, 0) is 30.3 Å². The van der Waals surface area contributed by atoms with Crippen molar-refractivity contribution in [3.05, 3.63) is 66.2 Å². The van der Waals surface area contributed by atoms with E-state index in [1.165, 1.54) is 42.8 Å². The maximum atomic E-state index is 13.4. The van der Waals surface area contributed by atoms with Gasteiger partial charge in [0.25, 0.3) is 0 Å². The second kappa shape index (κ2) is 7.20. The highest BCUT2D eigenvalue weighted by Gasteiger charge is 2.38. The summed E-state index contributed by atoms with van der Waals surface area (Å²) in [5.41, 5.74) is 1.26. The Hall–Kier alpha value is -3.28. The Bertz CT molecular complexity index is 1350. The highest BCUT2D eigenvalue weighted by molar-refractivity contribution is 7.93. The van der Waals surface area contributed by atoms with Gasteiger partial charge in [-0.1, -0.05) is 11.2 Å². The van der Waals surface area contributed by atoms with Crippen LogP contribution in [0.1, 0.15) is 11.6 Å². The molecule has 0 aliphatic heterocycles. The van der Waals surface area contributed by atoms with Crippen molar-refractivity contribution in [2.75, 3.05) is 6.26 Å². The van der Waals surface area contributed by atoms with Crippen LogP contribution in [0.15, 0.2) is 62.6 Å². The molecule has 1 unspecified atom stereocenters. The zero-order valence-corrected chi connectivity index (χ0v) is 16.1. The van der Waals surface area contributed by atoms with Crippen LogP contribution >= 0.6 is 0 Å². The second-order valence-corrected chi connectivity index (χ2v) is 8.72. The van der Waals surface area contributed by atoms with Crippen LogP contribution in [0.2, 0.25) is 0 Å². The summed E-state index contributed by atoms with van der Waals surface area (Å²) < 4.78 is 74.0. The molecule has 4 aromatic rings. The molecule has 0 saturated heterocycles. The Morgan fingerprint density at radius 2 is 1.97 bits per heavy atom. The molecule has 4 rings (SSSR count). The van der Waals surface area contributed by atoms with Crippen molar-refractivity contribution in [3.63, 3.8) is 0 Å². The van der Waals surface area contributed by atoms with Gasteiger partial charge >= 0.3 is 12.1 Å². The largest absolute Gasteiger partial charge is 0.471 e. The average molecular weight is 439 g/mol. The number of benzene rings is 1. The van der Waals surface area contributed by atoms with Crippen molar-refractivity contribution in [2.24, 2.45) is 4.36 Å². The summed E-state index contributed by atoms with van der Waals surface area (Å²) in [7, 11) is -2.83. The lowest BCUT2D eigenvalue weighted by Crippen LogP contribution is -2.04. The number of nitrogens with zero attached hydrogens (tertiary/aromatic N) is 5. The van der Waals surface area contributed by atoms with E-state index >= 15 is 0 Å². The molecule has 3 heterocycles. The monoisotopic (exact) mass is 439 g/mol. The van der Waals surface area contributed by atoms with Gasteiger partial charge in [0.2, 0.25) is 5.82 Å². The average Bonchev–Trinajstić information content (AvgIpc) is 3.32. The van der Waals surface area contributed by atoms with E-state index in [1.54, 1.807) is 16.7 Å². The summed E-state index contributed by atoms with van der Waals surface area (Å²) in [6.07, 6.45) is -0.237. The third-order valence-corrected chi connectivity index (χ3v) is 5.88. The minimum Gasteiger partial charge on any atom is -0.329 e. The third kappa shape index (κ3) is 4.03. The molecule has 156 valence electrons. The summed E-state index contributed by atoms with van der Waals surface area (Å²) in [6, 6.07) is 8.48. The fourth-order valence-electron chi connectivity index (χ4n) is 2.68. The number of hydrogen-bond donors (Lipinski definition) is 0. The number of hydrogen-bond acceptors (Lipinski definition) is 6. The van der Waals surface area contributed by atoms with E-state index in [1.807, 2.05) is 0 Å². The lowest BCUT2D eigenvalue weighted by molar-refractivity contribution is -0.159. The summed E-state index contributed by atoms with van der Waals surface area (Å²) in [5.74, 6) is -2.16. The molecule has 1 atom stereocenters. The molecule has 0 bridgehead atoms. The minimum atomic E-state index is -4.73. The summed E-state index contributed by atoms with van der Waals surface area (Å²) in [4.78, 5) is 7.95. The van der Waals surface area contributed by atoms with E-state index in [2.05, 4.69) is 24.0 Å². The molecule has 3 aromatic heterocycles. The molecule has 0 amide bonds. The van der Waals surface area contributed by atoms with E-state index in [0.29, 0.717) is 16.9 Å². The standard InChI is InChI=1S/C18H13F4N5O2S/c1-30(28,14-4-2-3-12(19)7-14)23-8-13-10-27-9-11(5-6-15(27)24-13)16-25-17(29-26-16)18(20,21)22/h2-7,9-10H,8H2,1H3. The van der Waals surface area contributed by atoms with Gasteiger partial charge in [-0.25, -0.2) is 17.9 Å². The van der Waals surface area contributed by atoms with Crippen LogP contribution in [0.5, 0.6) is 0 Å². The van der Waals surface area contributed by atoms with Crippen LogP contribution in [-0.4, -0.2) is 30.0 Å². The lowest BCUT2D eigenvalue weighted by Gasteiger charge is -2.03. The van der Waals surface area contributed by atoms with E-state index in [0.717, 1.165) is 0 Å². The Morgan fingerprint density at radius 3 is 2.67 bits per heavy atom. The molecule has 0 spiro atoms. The number of fused-ring (bicyclic) bond motifs is 1. The predicted molar refractivity (Wildman–Crippen MR) is 98.4 cm³/mol. The first kappa shape index (κ1) is 20.0. The van der Waals surface area contributed by atoms with E-state index in [4.69, 9.17) is 0 Å². The van der Waals surface area contributed by atoms with Gasteiger partial charge < -0.3 is 8.92 Å². The number of rotatable bonds is 4. The SMILES string of the molecule is CS(=O)(=NCc1cn2cc(-c3noc(C(F)(F)F)n3)ccc2n1)c1cccc(F)c1. The van der Waals surface area contributed by atoms with Crippen molar-refractivity contribution in [1.29, 1.82) is 0 Å². The number of alkyl halides is 3. The van der Waals surface area contributed by atoms with Gasteiger partial charge in [0.15, 0.2) is 0 Å². The van der Waals surface area contributed by atoms with Crippen LogP contribution in [-0.2, 0) is 22.5 Å². The van der Waals surface area contributed by atoms with Crippen molar-refractivity contribution < 1.29 is 26.3 Å². The molecule has 7 nitrogen and oxygen atoms in total. The molecule has 0 N–H and O–H groups in total. The first-order valence-corrected chi connectivity index (χ1v) is 10.4. The lowest BCUT2D eigenvalue weighted by atomic mass is 10.3. The van der Waals surface area contributed by atoms with Gasteiger partial charge in [-0.2, -0.15) is 18.2 Å². The molecule has 0 aliphatic rings. The topological polar surface area (TPSA) is 85.7 Å². The Morgan fingerprint density at radius 1 is 1.17 bits per heavy atom. The first-order chi connectivity index (χ1) is 14.1. The van der Waals surface area contributed by atoms with E-state index < -0.39 is 27.6 Å². The molecule has 1 aromatic carbocycles. The number of pyridine rings is 1. The highest BCUT2D eigenvalue weighted by atomic mass is 32.2. The normalized spacial score (nSPS) is 14.0. The third-order valence-electron chi connectivity index (χ3n) is 4.13. The van der Waals surface area contributed by atoms with E-state index in [9.17, 15) is 21.8 Å². The number of halogens is 4. The quantitative estimate of drug-likeness (QED) is 0.445. The summed E-state index contributed by atoms with van der Waals surface area (Å²) in [5, 5.41) is 3.35. The van der Waals surface area contributed by atoms with Gasteiger partial charge in [-0.3, -0.25) is 0 Å². The Kier molecular flexibility index (Phi) is 4.80. The Balaban J connectivity index is 1.61. The zero-order valence-electron chi connectivity index (χ0n) is 15.3. The number of aromatic nitrogens is 4. The van der Waals surface area contributed by atoms with Crippen LogP contribution in [0.3, 0.4) is 0 Å². The van der Waals surface area contributed by atoms with Crippen molar-refractivity contribution in [3.8, 4) is 11.4 Å². The first-order valence-electron chi connectivity index (χ1n) is 8.44. The second-order valence-electron chi connectivity index (χ2n) is 6.38. The van der Waals surface area contributed by atoms with Crippen molar-refractivity contribution in [2.45, 2.75) is 17.6 Å². The fraction of sp³-hybridized carbons (Fsp3) is 0.167. The van der Waals surface area contributed by atoms with Crippen LogP contribution in [0.25, 0.3) is 17.0 Å². The van der Waals surface area contributed by atoms with Gasteiger partial charge in [0.1, 0.15) is 11.5 Å². The molecular weight excluding hydrogens is 426 g/mol. The van der Waals surface area contributed by atoms with E-state index in [-0.39, 0.29) is 17.3 Å². The van der Waals surface area contributed by atoms with Crippen LogP contribution < -0.4 is 0 Å². The smallest absolute Gasteiger partial charge is 0.329 e. The zero-order chi connectivity index (χ0) is 21.5. The molecule has 0 aliphatic carbocycles. The summed E-state index contributed by atoms with van der Waals surface area (Å²) >= 11 is 0. The molecule has 12 heteroatoms. The van der Waals surface area contributed by atoms with Crippen LogP contribution in [0.4, 0.5) is 17.6 Å². The van der Waals surface area contributed by atoms with Crippen molar-refractivity contribution in [1.82, 2.24) is 19.5 Å². The van der Waals surface area contributed by atoms with Gasteiger partial charge in [0.05, 0.1) is 26.9 Å². The van der Waals surface area contributed by atoms with Crippen LogP contribution in [0, 0.1) is 5.82 Å². The molecule has 0 fully saturated rings. The highest BCUT2D eigenvalue weighted by Crippen LogP contribution is 2.29. The number of imidazole rings is 1. The predicted octanol–water partition coefficient (Wildman–Crippen LogP) is 4.20.